The number of cyclic esters (lactones) is 1. The summed E-state index contributed by atoms with van der Waals surface area (Å²) in [6.45, 7) is -0.158. The molecule has 0 aromatic heterocycles. The Labute approximate surface area is 220 Å². The number of nitrogens with zero attached hydrogens (tertiary/aromatic N) is 2. The van der Waals surface area contributed by atoms with Crippen molar-refractivity contribution >= 4 is 72.9 Å². The second kappa shape index (κ2) is 10.5. The zero-order chi connectivity index (χ0) is 25.1. The number of nitro benzene ring substituents is 1. The normalized spacial score (nSPS) is 14.0. The minimum absolute atomic E-state index is 0.00401. The molecule has 0 atom stereocenters. The van der Waals surface area contributed by atoms with Gasteiger partial charge in [0.2, 0.25) is 5.90 Å². The Morgan fingerprint density at radius 1 is 1.11 bits per heavy atom. The van der Waals surface area contributed by atoms with E-state index >= 15 is 0 Å². The summed E-state index contributed by atoms with van der Waals surface area (Å²) in [7, 11) is 0. The lowest BCUT2D eigenvalue weighted by atomic mass is 10.1. The van der Waals surface area contributed by atoms with Crippen LogP contribution in [-0.2, 0) is 9.53 Å². The van der Waals surface area contributed by atoms with Gasteiger partial charge in [-0.2, -0.15) is 0 Å². The van der Waals surface area contributed by atoms with Crippen LogP contribution in [0, 0.1) is 10.1 Å². The Balaban J connectivity index is 1.55. The van der Waals surface area contributed by atoms with Crippen LogP contribution >= 0.6 is 43.5 Å². The first-order valence-electron chi connectivity index (χ1n) is 9.90. The van der Waals surface area contributed by atoms with Gasteiger partial charge in [-0.15, -0.1) is 0 Å². The van der Waals surface area contributed by atoms with Crippen LogP contribution in [0.3, 0.4) is 0 Å². The lowest BCUT2D eigenvalue weighted by Crippen LogP contribution is -2.12. The van der Waals surface area contributed by atoms with Gasteiger partial charge in [-0.1, -0.05) is 41.9 Å². The molecule has 0 saturated heterocycles. The van der Waals surface area contributed by atoms with Gasteiger partial charge >= 0.3 is 5.97 Å². The van der Waals surface area contributed by atoms with Gasteiger partial charge in [0.15, 0.2) is 18.1 Å². The molecule has 176 valence electrons. The van der Waals surface area contributed by atoms with Gasteiger partial charge in [-0.3, -0.25) is 14.9 Å². The summed E-state index contributed by atoms with van der Waals surface area (Å²) in [5, 5.41) is 11.1. The molecule has 1 aliphatic rings. The molecule has 0 bridgehead atoms. The molecule has 0 unspecified atom stereocenters. The largest absolute Gasteiger partial charge is 0.483 e. The van der Waals surface area contributed by atoms with E-state index in [9.17, 15) is 19.7 Å². The number of ketones is 1. The minimum Gasteiger partial charge on any atom is -0.483 e. The molecular formula is C24H13Br2ClN2O6. The predicted octanol–water partition coefficient (Wildman–Crippen LogP) is 6.38. The molecule has 4 rings (SSSR count). The molecule has 0 spiro atoms. The van der Waals surface area contributed by atoms with Gasteiger partial charge < -0.3 is 9.47 Å². The second-order valence-corrected chi connectivity index (χ2v) is 9.27. The molecule has 0 fully saturated rings. The molecule has 3 aromatic rings. The number of aliphatic imine (C=N–C) groups is 1. The zero-order valence-corrected chi connectivity index (χ0v) is 21.5. The Bertz CT molecular complexity index is 1400. The number of rotatable bonds is 7. The smallest absolute Gasteiger partial charge is 0.363 e. The Morgan fingerprint density at radius 3 is 2.46 bits per heavy atom. The number of ether oxygens (including phenoxy) is 2. The summed E-state index contributed by atoms with van der Waals surface area (Å²) in [6, 6.07) is 16.2. The van der Waals surface area contributed by atoms with Crippen LogP contribution in [0.2, 0.25) is 5.02 Å². The third-order valence-electron chi connectivity index (χ3n) is 4.78. The molecule has 35 heavy (non-hydrogen) atoms. The number of hydrogen-bond acceptors (Lipinski definition) is 7. The van der Waals surface area contributed by atoms with Crippen molar-refractivity contribution in [3.05, 3.63) is 107 Å². The highest BCUT2D eigenvalue weighted by molar-refractivity contribution is 9.11. The SMILES string of the molecule is O=C1OC(c2ccc(Cl)c([N+](=O)[O-])c2)=N/C1=C\c1cc(Br)c(OCC(=O)c2ccccc2)c(Br)c1. The van der Waals surface area contributed by atoms with E-state index in [0.717, 1.165) is 0 Å². The first kappa shape index (κ1) is 24.8. The van der Waals surface area contributed by atoms with Gasteiger partial charge in [-0.25, -0.2) is 9.79 Å². The fourth-order valence-corrected chi connectivity index (χ4v) is 4.76. The lowest BCUT2D eigenvalue weighted by Gasteiger charge is -2.11. The maximum atomic E-state index is 12.3. The van der Waals surface area contributed by atoms with Gasteiger partial charge in [0, 0.05) is 17.2 Å². The molecule has 0 N–H and O–H groups in total. The van der Waals surface area contributed by atoms with Crippen LogP contribution in [0.25, 0.3) is 6.08 Å². The van der Waals surface area contributed by atoms with Gasteiger partial charge in [-0.05, 0) is 67.8 Å². The van der Waals surface area contributed by atoms with Crippen LogP contribution in [0.1, 0.15) is 21.5 Å². The number of Topliss-reactive ketones (excluding diaryl/α,β-unsaturated/α-hetero) is 1. The molecule has 1 aliphatic heterocycles. The molecule has 0 saturated carbocycles. The van der Waals surface area contributed by atoms with Crippen LogP contribution < -0.4 is 4.74 Å². The highest BCUT2D eigenvalue weighted by atomic mass is 79.9. The average molecular weight is 621 g/mol. The van der Waals surface area contributed by atoms with E-state index in [-0.39, 0.29) is 40.3 Å². The topological polar surface area (TPSA) is 108 Å². The number of nitro groups is 1. The summed E-state index contributed by atoms with van der Waals surface area (Å²) in [6.07, 6.45) is 1.49. The fourth-order valence-electron chi connectivity index (χ4n) is 3.12. The zero-order valence-electron chi connectivity index (χ0n) is 17.5. The quantitative estimate of drug-likeness (QED) is 0.0998. The molecule has 0 aliphatic carbocycles. The summed E-state index contributed by atoms with van der Waals surface area (Å²) in [4.78, 5) is 39.3. The van der Waals surface area contributed by atoms with Gasteiger partial charge in [0.1, 0.15) is 10.8 Å². The Hall–Kier alpha value is -3.34. The van der Waals surface area contributed by atoms with E-state index in [1.165, 1.54) is 24.3 Å². The third kappa shape index (κ3) is 5.67. The molecule has 1 heterocycles. The predicted molar refractivity (Wildman–Crippen MR) is 137 cm³/mol. The lowest BCUT2D eigenvalue weighted by molar-refractivity contribution is -0.384. The van der Waals surface area contributed by atoms with Crippen molar-refractivity contribution in [3.8, 4) is 5.75 Å². The van der Waals surface area contributed by atoms with Crippen molar-refractivity contribution in [2.45, 2.75) is 0 Å². The van der Waals surface area contributed by atoms with E-state index in [4.69, 9.17) is 21.1 Å². The van der Waals surface area contributed by atoms with Crippen LogP contribution in [0.15, 0.2) is 80.3 Å². The molecule has 0 amide bonds. The van der Waals surface area contributed by atoms with Gasteiger partial charge in [0.05, 0.1) is 13.9 Å². The van der Waals surface area contributed by atoms with E-state index in [1.54, 1.807) is 36.4 Å². The maximum absolute atomic E-state index is 12.3. The number of carbonyl (C=O) groups excluding carboxylic acids is 2. The molecule has 8 nitrogen and oxygen atoms in total. The summed E-state index contributed by atoms with van der Waals surface area (Å²) >= 11 is 12.7. The van der Waals surface area contributed by atoms with E-state index in [1.807, 2.05) is 6.07 Å². The van der Waals surface area contributed by atoms with Crippen molar-refractivity contribution in [3.63, 3.8) is 0 Å². The number of benzene rings is 3. The van der Waals surface area contributed by atoms with E-state index < -0.39 is 10.9 Å². The second-order valence-electron chi connectivity index (χ2n) is 7.15. The maximum Gasteiger partial charge on any atom is 0.363 e. The summed E-state index contributed by atoms with van der Waals surface area (Å²) < 4.78 is 12.0. The Morgan fingerprint density at radius 2 is 1.80 bits per heavy atom. The number of esters is 1. The molecule has 0 radical (unpaired) electrons. The number of carbonyl (C=O) groups is 2. The number of hydrogen-bond donors (Lipinski definition) is 0. The first-order chi connectivity index (χ1) is 16.7. The van der Waals surface area contributed by atoms with Crippen molar-refractivity contribution in [1.29, 1.82) is 0 Å². The number of halogens is 3. The average Bonchev–Trinajstić information content (AvgIpc) is 3.19. The van der Waals surface area contributed by atoms with Crippen LogP contribution in [0.5, 0.6) is 5.75 Å². The van der Waals surface area contributed by atoms with Crippen molar-refractivity contribution in [2.75, 3.05) is 6.61 Å². The monoisotopic (exact) mass is 618 g/mol. The summed E-state index contributed by atoms with van der Waals surface area (Å²) in [5.74, 6) is -0.533. The van der Waals surface area contributed by atoms with Crippen LogP contribution in [-0.4, -0.2) is 29.2 Å². The highest BCUT2D eigenvalue weighted by Crippen LogP contribution is 2.36. The van der Waals surface area contributed by atoms with E-state index in [2.05, 4.69) is 36.9 Å². The summed E-state index contributed by atoms with van der Waals surface area (Å²) in [5.41, 5.74) is 1.05. The standard InChI is InChI=1S/C24H13Br2ClN2O6/c25-16-8-13(9-17(26)22(16)34-12-21(30)14-4-2-1-3-5-14)10-19-24(31)35-23(28-19)15-6-7-18(27)20(11-15)29(32)33/h1-11H,12H2/b19-10-. The van der Waals surface area contributed by atoms with Crippen molar-refractivity contribution in [1.82, 2.24) is 0 Å². The molecule has 11 heteroatoms. The highest BCUT2D eigenvalue weighted by Gasteiger charge is 2.26. The van der Waals surface area contributed by atoms with E-state index in [0.29, 0.717) is 25.8 Å². The Kier molecular flexibility index (Phi) is 7.44. The van der Waals surface area contributed by atoms with Crippen molar-refractivity contribution < 1.29 is 24.0 Å². The minimum atomic E-state index is -0.710. The van der Waals surface area contributed by atoms with Crippen molar-refractivity contribution in [2.24, 2.45) is 4.99 Å². The van der Waals surface area contributed by atoms with Crippen LogP contribution in [0.4, 0.5) is 5.69 Å². The first-order valence-corrected chi connectivity index (χ1v) is 11.9. The third-order valence-corrected chi connectivity index (χ3v) is 6.28. The molecular weight excluding hydrogens is 608 g/mol. The molecule has 3 aromatic carbocycles. The van der Waals surface area contributed by atoms with Gasteiger partial charge in [0.25, 0.3) is 5.69 Å². The fraction of sp³-hybridized carbons (Fsp3) is 0.0417.